The van der Waals surface area contributed by atoms with Gasteiger partial charge in [0.1, 0.15) is 16.9 Å². The number of nitrogens with one attached hydrogen (secondary N) is 1. The summed E-state index contributed by atoms with van der Waals surface area (Å²) in [5, 5.41) is 6.76. The lowest BCUT2D eigenvalue weighted by molar-refractivity contribution is -0.133. The van der Waals surface area contributed by atoms with Crippen LogP contribution in [0.2, 0.25) is 0 Å². The molecule has 10 heteroatoms. The number of rotatable bonds is 4. The molecule has 0 unspecified atom stereocenters. The van der Waals surface area contributed by atoms with Crippen LogP contribution in [0.1, 0.15) is 34.8 Å². The van der Waals surface area contributed by atoms with Gasteiger partial charge in [-0.05, 0) is 30.7 Å². The summed E-state index contributed by atoms with van der Waals surface area (Å²) in [5.41, 5.74) is 7.63. The minimum absolute atomic E-state index is 0.0229. The van der Waals surface area contributed by atoms with Gasteiger partial charge in [0.15, 0.2) is 0 Å². The van der Waals surface area contributed by atoms with Crippen molar-refractivity contribution in [3.05, 3.63) is 65.9 Å². The molecule has 3 heterocycles. The second-order valence-corrected chi connectivity index (χ2v) is 7.84. The van der Waals surface area contributed by atoms with E-state index in [1.165, 1.54) is 6.20 Å². The van der Waals surface area contributed by atoms with Crippen molar-refractivity contribution < 1.29 is 18.1 Å². The zero-order valence-electron chi connectivity index (χ0n) is 16.5. The second kappa shape index (κ2) is 6.67. The lowest BCUT2D eigenvalue weighted by atomic mass is 9.74. The van der Waals surface area contributed by atoms with Crippen molar-refractivity contribution in [3.8, 4) is 11.4 Å². The normalized spacial score (nSPS) is 16.8. The third kappa shape index (κ3) is 3.34. The summed E-state index contributed by atoms with van der Waals surface area (Å²) in [7, 11) is 0. The number of halogens is 2. The van der Waals surface area contributed by atoms with E-state index >= 15 is 0 Å². The van der Waals surface area contributed by atoms with E-state index in [9.17, 15) is 13.6 Å². The molecule has 0 aliphatic heterocycles. The number of pyridine rings is 1. The Hall–Kier alpha value is -3.66. The molecule has 0 atom stereocenters. The first kappa shape index (κ1) is 19.3. The summed E-state index contributed by atoms with van der Waals surface area (Å²) < 4.78 is 33.4. The number of anilines is 1. The first-order valence-corrected chi connectivity index (χ1v) is 9.60. The van der Waals surface area contributed by atoms with E-state index in [0.717, 1.165) is 5.56 Å². The molecular weight excluding hydrogens is 406 g/mol. The van der Waals surface area contributed by atoms with Crippen LogP contribution in [0.25, 0.3) is 17.0 Å². The minimum atomic E-state index is -2.82. The van der Waals surface area contributed by atoms with Crippen LogP contribution >= 0.6 is 0 Å². The predicted octanol–water partition coefficient (Wildman–Crippen LogP) is 3.53. The number of aromatic nitrogens is 4. The van der Waals surface area contributed by atoms with Crippen molar-refractivity contribution >= 4 is 17.2 Å². The Labute approximate surface area is 175 Å². The molecule has 5 rings (SSSR count). The SMILES string of the molecule is Cc1ccc(-c2noc(C3(N)CC(F)(F)C3)n2)cc1NC(=O)c1cnc2ccccn12. The van der Waals surface area contributed by atoms with Crippen LogP contribution in [0.5, 0.6) is 0 Å². The maximum absolute atomic E-state index is 13.3. The predicted molar refractivity (Wildman–Crippen MR) is 108 cm³/mol. The van der Waals surface area contributed by atoms with Crippen LogP contribution in [-0.4, -0.2) is 31.4 Å². The van der Waals surface area contributed by atoms with Crippen LogP contribution in [0.4, 0.5) is 14.5 Å². The fraction of sp³-hybridized carbons (Fsp3) is 0.238. The van der Waals surface area contributed by atoms with Gasteiger partial charge >= 0.3 is 0 Å². The Balaban J connectivity index is 1.41. The summed E-state index contributed by atoms with van der Waals surface area (Å²) >= 11 is 0. The number of aryl methyl sites for hydroxylation is 1. The van der Waals surface area contributed by atoms with Crippen LogP contribution in [-0.2, 0) is 5.54 Å². The summed E-state index contributed by atoms with van der Waals surface area (Å²) in [6.07, 6.45) is 2.20. The zero-order valence-corrected chi connectivity index (χ0v) is 16.5. The lowest BCUT2D eigenvalue weighted by Crippen LogP contribution is -2.55. The molecular formula is C21H18F2N6O2. The molecule has 4 aromatic rings. The number of fused-ring (bicyclic) bond motifs is 1. The van der Waals surface area contributed by atoms with Crippen molar-refractivity contribution in [1.82, 2.24) is 19.5 Å². The van der Waals surface area contributed by atoms with Gasteiger partial charge in [0.05, 0.1) is 6.20 Å². The average Bonchev–Trinajstić information content (AvgIpc) is 3.36. The molecule has 0 radical (unpaired) electrons. The van der Waals surface area contributed by atoms with Crippen molar-refractivity contribution in [2.45, 2.75) is 31.2 Å². The summed E-state index contributed by atoms with van der Waals surface area (Å²) in [6, 6.07) is 10.7. The van der Waals surface area contributed by atoms with Gasteiger partial charge in [0, 0.05) is 30.3 Å². The molecule has 1 aliphatic rings. The summed E-state index contributed by atoms with van der Waals surface area (Å²) in [5.74, 6) is -2.96. The van der Waals surface area contributed by atoms with E-state index in [1.807, 2.05) is 19.1 Å². The highest BCUT2D eigenvalue weighted by Gasteiger charge is 2.58. The van der Waals surface area contributed by atoms with E-state index in [2.05, 4.69) is 20.4 Å². The molecule has 1 amide bonds. The van der Waals surface area contributed by atoms with Gasteiger partial charge in [0.2, 0.25) is 11.7 Å². The Morgan fingerprint density at radius 1 is 1.26 bits per heavy atom. The minimum Gasteiger partial charge on any atom is -0.337 e. The highest BCUT2D eigenvalue weighted by Crippen LogP contribution is 2.49. The molecule has 1 aliphatic carbocycles. The number of hydrogen-bond donors (Lipinski definition) is 2. The Bertz CT molecular complexity index is 1300. The number of imidazole rings is 1. The molecule has 1 fully saturated rings. The van der Waals surface area contributed by atoms with Gasteiger partial charge < -0.3 is 15.6 Å². The van der Waals surface area contributed by atoms with Gasteiger partial charge in [-0.15, -0.1) is 0 Å². The Kier molecular flexibility index (Phi) is 4.16. The fourth-order valence-corrected chi connectivity index (χ4v) is 3.75. The number of benzene rings is 1. The van der Waals surface area contributed by atoms with Crippen molar-refractivity contribution in [2.75, 3.05) is 5.32 Å². The van der Waals surface area contributed by atoms with E-state index < -0.39 is 24.3 Å². The Morgan fingerprint density at radius 2 is 2.06 bits per heavy atom. The highest BCUT2D eigenvalue weighted by molar-refractivity contribution is 6.04. The largest absolute Gasteiger partial charge is 0.337 e. The lowest BCUT2D eigenvalue weighted by Gasteiger charge is -2.41. The van der Waals surface area contributed by atoms with Gasteiger partial charge in [0.25, 0.3) is 11.8 Å². The molecule has 158 valence electrons. The maximum Gasteiger partial charge on any atom is 0.274 e. The number of nitrogens with zero attached hydrogens (tertiary/aromatic N) is 4. The molecule has 1 aromatic carbocycles. The maximum atomic E-state index is 13.3. The van der Waals surface area contributed by atoms with Gasteiger partial charge in [-0.2, -0.15) is 4.98 Å². The molecule has 0 bridgehead atoms. The van der Waals surface area contributed by atoms with Crippen molar-refractivity contribution in [2.24, 2.45) is 5.73 Å². The quantitative estimate of drug-likeness (QED) is 0.518. The number of nitrogens with two attached hydrogens (primary N) is 1. The number of alkyl halides is 2. The first-order chi connectivity index (χ1) is 14.7. The monoisotopic (exact) mass is 424 g/mol. The van der Waals surface area contributed by atoms with E-state index in [1.54, 1.807) is 34.9 Å². The van der Waals surface area contributed by atoms with E-state index in [-0.39, 0.29) is 17.6 Å². The molecule has 3 N–H and O–H groups in total. The van der Waals surface area contributed by atoms with E-state index in [0.29, 0.717) is 22.6 Å². The number of carbonyl (C=O) groups excluding carboxylic acids is 1. The fourth-order valence-electron chi connectivity index (χ4n) is 3.75. The first-order valence-electron chi connectivity index (χ1n) is 9.60. The molecule has 31 heavy (non-hydrogen) atoms. The molecule has 1 saturated carbocycles. The van der Waals surface area contributed by atoms with Crippen LogP contribution in [0, 0.1) is 6.92 Å². The smallest absolute Gasteiger partial charge is 0.274 e. The van der Waals surface area contributed by atoms with Crippen LogP contribution < -0.4 is 11.1 Å². The summed E-state index contributed by atoms with van der Waals surface area (Å²) in [6.45, 7) is 1.85. The zero-order chi connectivity index (χ0) is 21.8. The second-order valence-electron chi connectivity index (χ2n) is 7.84. The van der Waals surface area contributed by atoms with Gasteiger partial charge in [-0.3, -0.25) is 9.20 Å². The topological polar surface area (TPSA) is 111 Å². The molecule has 8 nitrogen and oxygen atoms in total. The standard InChI is InChI=1S/C21H18F2N6O2/c1-12-5-6-13(17-27-19(31-28-17)20(24)10-21(22,23)11-20)8-14(12)26-18(30)15-9-25-16-4-2-3-7-29(15)16/h2-9H,10-11,24H2,1H3,(H,26,30). The third-order valence-corrected chi connectivity index (χ3v) is 5.39. The highest BCUT2D eigenvalue weighted by atomic mass is 19.3. The molecule has 0 spiro atoms. The molecule has 0 saturated heterocycles. The van der Waals surface area contributed by atoms with Crippen LogP contribution in [0.15, 0.2) is 53.3 Å². The Morgan fingerprint density at radius 3 is 2.84 bits per heavy atom. The average molecular weight is 424 g/mol. The number of carbonyl (C=O) groups is 1. The number of amides is 1. The van der Waals surface area contributed by atoms with Gasteiger partial charge in [-0.25, -0.2) is 13.8 Å². The number of hydrogen-bond acceptors (Lipinski definition) is 6. The van der Waals surface area contributed by atoms with E-state index in [4.69, 9.17) is 10.3 Å². The van der Waals surface area contributed by atoms with Crippen molar-refractivity contribution in [3.63, 3.8) is 0 Å². The summed E-state index contributed by atoms with van der Waals surface area (Å²) in [4.78, 5) is 21.3. The van der Waals surface area contributed by atoms with Gasteiger partial charge in [-0.1, -0.05) is 23.4 Å². The van der Waals surface area contributed by atoms with Crippen molar-refractivity contribution in [1.29, 1.82) is 0 Å². The molecule has 3 aromatic heterocycles. The van der Waals surface area contributed by atoms with Crippen LogP contribution in [0.3, 0.4) is 0 Å². The third-order valence-electron chi connectivity index (χ3n) is 5.39.